The Morgan fingerprint density at radius 1 is 1.24 bits per heavy atom. The number of aliphatic carboxylic acids is 1. The zero-order valence-electron chi connectivity index (χ0n) is 18.5. The second-order valence-electron chi connectivity index (χ2n) is 8.18. The van der Waals surface area contributed by atoms with Gasteiger partial charge in [-0.3, -0.25) is 4.79 Å². The van der Waals surface area contributed by atoms with Gasteiger partial charge in [0.25, 0.3) is 5.91 Å². The minimum atomic E-state index is -1.16. The second-order valence-corrected chi connectivity index (χ2v) is 8.18. The van der Waals surface area contributed by atoms with Gasteiger partial charge in [-0.2, -0.15) is 4.98 Å². The van der Waals surface area contributed by atoms with E-state index < -0.39 is 29.3 Å². The number of carbonyl (C=O) groups is 2. The minimum absolute atomic E-state index is 0.0630. The first-order chi connectivity index (χ1) is 15.7. The zero-order chi connectivity index (χ0) is 24.0. The Balaban J connectivity index is 1.90. The van der Waals surface area contributed by atoms with Crippen LogP contribution < -0.4 is 16.4 Å². The summed E-state index contributed by atoms with van der Waals surface area (Å²) in [6.07, 6.45) is 3.37. The molecule has 0 saturated carbocycles. The molecule has 0 fully saturated rings. The zero-order valence-corrected chi connectivity index (χ0v) is 18.5. The summed E-state index contributed by atoms with van der Waals surface area (Å²) >= 11 is 0. The number of benzene rings is 1. The van der Waals surface area contributed by atoms with Crippen molar-refractivity contribution in [2.75, 3.05) is 11.1 Å². The molecule has 2 atom stereocenters. The third-order valence-electron chi connectivity index (χ3n) is 5.32. The number of nitrogens with one attached hydrogen (secondary N) is 2. The van der Waals surface area contributed by atoms with Gasteiger partial charge < -0.3 is 21.5 Å². The summed E-state index contributed by atoms with van der Waals surface area (Å²) in [5, 5.41) is 15.7. The van der Waals surface area contributed by atoms with E-state index in [1.807, 2.05) is 13.8 Å². The Labute approximate surface area is 190 Å². The van der Waals surface area contributed by atoms with Crippen LogP contribution in [0.3, 0.4) is 0 Å². The van der Waals surface area contributed by atoms with Crippen LogP contribution in [0.4, 0.5) is 16.2 Å². The van der Waals surface area contributed by atoms with Crippen LogP contribution in [0.25, 0.3) is 11.0 Å². The Hall–Kier alpha value is -3.82. The van der Waals surface area contributed by atoms with Gasteiger partial charge in [0, 0.05) is 23.6 Å². The number of carboxylic acid groups (broad SMARTS) is 1. The molecule has 0 spiro atoms. The van der Waals surface area contributed by atoms with Crippen molar-refractivity contribution in [2.45, 2.75) is 51.1 Å². The second kappa shape index (κ2) is 10.2. The van der Waals surface area contributed by atoms with Gasteiger partial charge in [-0.25, -0.2) is 19.2 Å². The number of amides is 1. The highest BCUT2D eigenvalue weighted by Gasteiger charge is 2.33. The average Bonchev–Trinajstić information content (AvgIpc) is 2.77. The predicted molar refractivity (Wildman–Crippen MR) is 123 cm³/mol. The lowest BCUT2D eigenvalue weighted by atomic mass is 9.87. The first kappa shape index (κ1) is 23.8. The molecule has 1 aromatic carbocycles. The maximum atomic E-state index is 13.6. The summed E-state index contributed by atoms with van der Waals surface area (Å²) in [5.41, 5.74) is 5.92. The molecule has 3 aromatic rings. The van der Waals surface area contributed by atoms with Gasteiger partial charge in [0.2, 0.25) is 5.95 Å². The van der Waals surface area contributed by atoms with Crippen LogP contribution >= 0.6 is 0 Å². The number of carboxylic acids is 1. The summed E-state index contributed by atoms with van der Waals surface area (Å²) in [6.45, 7) is 3.87. The fourth-order valence-corrected chi connectivity index (χ4v) is 3.65. The first-order valence-electron chi connectivity index (χ1n) is 10.7. The SMILES string of the molecule is CCCCC(C)(C[C@@H](NC(=O)c1ccccc1)C(=O)O)Nc1nc(N)nc2cc(F)cnc12. The normalized spacial score (nSPS) is 13.8. The van der Waals surface area contributed by atoms with Crippen molar-refractivity contribution in [3.63, 3.8) is 0 Å². The van der Waals surface area contributed by atoms with Gasteiger partial charge in [0.05, 0.1) is 11.7 Å². The van der Waals surface area contributed by atoms with Gasteiger partial charge in [0.1, 0.15) is 17.4 Å². The summed E-state index contributed by atoms with van der Waals surface area (Å²) in [4.78, 5) is 37.0. The maximum Gasteiger partial charge on any atom is 0.326 e. The minimum Gasteiger partial charge on any atom is -0.480 e. The third kappa shape index (κ3) is 6.12. The van der Waals surface area contributed by atoms with Gasteiger partial charge in [-0.05, 0) is 25.5 Å². The lowest BCUT2D eigenvalue weighted by molar-refractivity contribution is -0.139. The highest BCUT2D eigenvalue weighted by molar-refractivity contribution is 5.96. The van der Waals surface area contributed by atoms with Crippen molar-refractivity contribution in [3.8, 4) is 0 Å². The summed E-state index contributed by atoms with van der Waals surface area (Å²) in [5.74, 6) is -1.99. The van der Waals surface area contributed by atoms with E-state index in [-0.39, 0.29) is 23.7 Å². The number of carbonyl (C=O) groups excluding carboxylic acids is 1. The number of nitrogens with zero attached hydrogens (tertiary/aromatic N) is 3. The van der Waals surface area contributed by atoms with Crippen molar-refractivity contribution in [1.29, 1.82) is 0 Å². The molecule has 3 rings (SSSR count). The van der Waals surface area contributed by atoms with Crippen LogP contribution in [-0.4, -0.2) is 43.5 Å². The largest absolute Gasteiger partial charge is 0.480 e. The fourth-order valence-electron chi connectivity index (χ4n) is 3.65. The van der Waals surface area contributed by atoms with Crippen molar-refractivity contribution < 1.29 is 19.1 Å². The number of aromatic nitrogens is 3. The van der Waals surface area contributed by atoms with Gasteiger partial charge >= 0.3 is 5.97 Å². The van der Waals surface area contributed by atoms with Gasteiger partial charge in [-0.15, -0.1) is 0 Å². The molecular weight excluding hydrogens is 427 g/mol. The topological polar surface area (TPSA) is 143 Å². The van der Waals surface area contributed by atoms with E-state index in [0.717, 1.165) is 19.0 Å². The molecule has 0 saturated heterocycles. The number of hydrogen-bond donors (Lipinski definition) is 4. The third-order valence-corrected chi connectivity index (χ3v) is 5.32. The number of hydrogen-bond acceptors (Lipinski definition) is 7. The summed E-state index contributed by atoms with van der Waals surface area (Å²) in [7, 11) is 0. The molecule has 9 nitrogen and oxygen atoms in total. The highest BCUT2D eigenvalue weighted by atomic mass is 19.1. The van der Waals surface area contributed by atoms with Crippen LogP contribution in [0.2, 0.25) is 0 Å². The lowest BCUT2D eigenvalue weighted by Gasteiger charge is -2.34. The number of rotatable bonds is 10. The van der Waals surface area contributed by atoms with E-state index in [1.165, 1.54) is 6.07 Å². The van der Waals surface area contributed by atoms with Crippen molar-refractivity contribution in [1.82, 2.24) is 20.3 Å². The number of nitrogen functional groups attached to an aromatic ring is 1. The van der Waals surface area contributed by atoms with Crippen LogP contribution in [-0.2, 0) is 4.79 Å². The first-order valence-corrected chi connectivity index (χ1v) is 10.7. The number of fused-ring (bicyclic) bond motifs is 1. The monoisotopic (exact) mass is 454 g/mol. The summed E-state index contributed by atoms with van der Waals surface area (Å²) < 4.78 is 13.6. The van der Waals surface area contributed by atoms with Crippen molar-refractivity contribution >= 4 is 34.7 Å². The number of pyridine rings is 1. The highest BCUT2D eigenvalue weighted by Crippen LogP contribution is 2.29. The van der Waals surface area contributed by atoms with Crippen LogP contribution in [0, 0.1) is 5.82 Å². The Morgan fingerprint density at radius 3 is 2.64 bits per heavy atom. The molecule has 0 aliphatic carbocycles. The number of anilines is 2. The molecule has 2 heterocycles. The van der Waals surface area contributed by atoms with Crippen LogP contribution in [0.15, 0.2) is 42.6 Å². The maximum absolute atomic E-state index is 13.6. The number of unbranched alkanes of at least 4 members (excludes halogenated alkanes) is 1. The Morgan fingerprint density at radius 2 is 1.97 bits per heavy atom. The smallest absolute Gasteiger partial charge is 0.326 e. The molecule has 33 heavy (non-hydrogen) atoms. The van der Waals surface area contributed by atoms with E-state index in [2.05, 4.69) is 25.6 Å². The van der Waals surface area contributed by atoms with Crippen molar-refractivity contribution in [2.24, 2.45) is 0 Å². The molecule has 2 aromatic heterocycles. The molecule has 1 amide bonds. The molecule has 5 N–H and O–H groups in total. The molecule has 174 valence electrons. The molecule has 10 heteroatoms. The quantitative estimate of drug-likeness (QED) is 0.365. The molecule has 0 radical (unpaired) electrons. The molecule has 0 bridgehead atoms. The molecule has 1 unspecified atom stereocenters. The number of halogens is 1. The lowest BCUT2D eigenvalue weighted by Crippen LogP contribution is -2.48. The average molecular weight is 455 g/mol. The summed E-state index contributed by atoms with van der Waals surface area (Å²) in [6, 6.07) is 8.45. The van der Waals surface area contributed by atoms with Crippen LogP contribution in [0.5, 0.6) is 0 Å². The molecule has 0 aliphatic rings. The van der Waals surface area contributed by atoms with E-state index >= 15 is 0 Å². The van der Waals surface area contributed by atoms with Gasteiger partial charge in [0.15, 0.2) is 5.82 Å². The van der Waals surface area contributed by atoms with Crippen molar-refractivity contribution in [3.05, 3.63) is 54.0 Å². The molecular formula is C23H27FN6O3. The van der Waals surface area contributed by atoms with E-state index in [1.54, 1.807) is 30.3 Å². The predicted octanol–water partition coefficient (Wildman–Crippen LogP) is 3.38. The fraction of sp³-hybridized carbons (Fsp3) is 0.348. The number of nitrogens with two attached hydrogens (primary N) is 1. The van der Waals surface area contributed by atoms with E-state index in [9.17, 15) is 19.1 Å². The Kier molecular flexibility index (Phi) is 7.37. The van der Waals surface area contributed by atoms with Gasteiger partial charge in [-0.1, -0.05) is 38.0 Å². The Bertz CT molecular complexity index is 1140. The molecule has 0 aliphatic heterocycles. The standard InChI is InChI=1S/C23H27FN6O3/c1-3-4-10-23(2,12-17(21(32)33)27-20(31)14-8-6-5-7-9-14)30-19-18-16(28-22(25)29-19)11-15(24)13-26-18/h5-9,11,13,17H,3-4,10,12H2,1-2H3,(H,27,31)(H,32,33)(H3,25,28,29,30)/t17-,23?/m1/s1. The van der Waals surface area contributed by atoms with E-state index in [4.69, 9.17) is 5.73 Å². The van der Waals surface area contributed by atoms with E-state index in [0.29, 0.717) is 17.5 Å². The van der Waals surface area contributed by atoms with Crippen LogP contribution in [0.1, 0.15) is 49.9 Å².